The Labute approximate surface area is 212 Å². The average Bonchev–Trinajstić information content (AvgIpc) is 2.84. The molecule has 0 aliphatic heterocycles. The number of nitrogens with zero attached hydrogens (tertiary/aromatic N) is 2. The minimum atomic E-state index is -0.323. The smallest absolute Gasteiger partial charge is 0.272 e. The molecule has 0 saturated carbocycles. The highest BCUT2D eigenvalue weighted by atomic mass is 127. The molecule has 0 aliphatic carbocycles. The first kappa shape index (κ1) is 23.7. The monoisotopic (exact) mass is 565 g/mol. The van der Waals surface area contributed by atoms with Crippen molar-refractivity contribution in [2.75, 3.05) is 7.11 Å². The van der Waals surface area contributed by atoms with Crippen molar-refractivity contribution in [3.05, 3.63) is 87.5 Å². The molecule has 0 spiro atoms. The van der Waals surface area contributed by atoms with Crippen LogP contribution in [-0.4, -0.2) is 30.3 Å². The van der Waals surface area contributed by atoms with Gasteiger partial charge in [-0.3, -0.25) is 4.79 Å². The van der Waals surface area contributed by atoms with E-state index >= 15 is 0 Å². The summed E-state index contributed by atoms with van der Waals surface area (Å²) in [4.78, 5) is 17.9. The summed E-state index contributed by atoms with van der Waals surface area (Å²) in [6, 6.07) is 23.0. The van der Waals surface area contributed by atoms with E-state index in [0.717, 1.165) is 25.7 Å². The molecule has 4 aromatic rings. The van der Waals surface area contributed by atoms with Gasteiger partial charge in [0.15, 0.2) is 11.5 Å². The summed E-state index contributed by atoms with van der Waals surface area (Å²) >= 11 is 2.21. The maximum absolute atomic E-state index is 13.2. The molecule has 0 bridgehead atoms. The quantitative estimate of drug-likeness (QED) is 0.168. The standard InChI is InChI=1S/C27H24IN3O3/c1-17(2)34-26-19(13-20(28)14-25(26)33-3)16-29-31-27(32)22-15-24(18-9-5-4-6-10-18)30-23-12-8-7-11-21(22)23/h4-17H,1-3H3,(H,31,32)/b29-16-. The number of hydrazone groups is 1. The molecule has 0 fully saturated rings. The maximum atomic E-state index is 13.2. The van der Waals surface area contributed by atoms with E-state index in [9.17, 15) is 4.79 Å². The molecule has 0 saturated heterocycles. The predicted octanol–water partition coefficient (Wildman–Crippen LogP) is 6.07. The number of carbonyl (C=O) groups is 1. The lowest BCUT2D eigenvalue weighted by Gasteiger charge is -2.16. The normalized spacial score (nSPS) is 11.2. The highest BCUT2D eigenvalue weighted by Gasteiger charge is 2.15. The number of fused-ring (bicyclic) bond motifs is 1. The number of benzene rings is 3. The summed E-state index contributed by atoms with van der Waals surface area (Å²) in [5.74, 6) is 0.869. The van der Waals surface area contributed by atoms with Gasteiger partial charge in [0.05, 0.1) is 36.2 Å². The number of rotatable bonds is 7. The number of hydrogen-bond donors (Lipinski definition) is 1. The highest BCUT2D eigenvalue weighted by molar-refractivity contribution is 14.1. The van der Waals surface area contributed by atoms with Crippen LogP contribution in [0.3, 0.4) is 0 Å². The summed E-state index contributed by atoms with van der Waals surface area (Å²) in [7, 11) is 1.60. The maximum Gasteiger partial charge on any atom is 0.272 e. The van der Waals surface area contributed by atoms with Gasteiger partial charge in [-0.05, 0) is 60.7 Å². The molecule has 7 heteroatoms. The SMILES string of the molecule is COc1cc(I)cc(/C=N\NC(=O)c2cc(-c3ccccc3)nc3ccccc23)c1OC(C)C. The minimum absolute atomic E-state index is 0.0460. The lowest BCUT2D eigenvalue weighted by Crippen LogP contribution is -2.18. The number of hydrogen-bond acceptors (Lipinski definition) is 5. The second kappa shape index (κ2) is 10.6. The molecule has 0 aliphatic rings. The van der Waals surface area contributed by atoms with Gasteiger partial charge in [0.25, 0.3) is 5.91 Å². The number of pyridine rings is 1. The summed E-state index contributed by atoms with van der Waals surface area (Å²) in [5, 5.41) is 4.99. The Bertz CT molecular complexity index is 1350. The van der Waals surface area contributed by atoms with Crippen molar-refractivity contribution in [3.8, 4) is 22.8 Å². The fraction of sp³-hybridized carbons (Fsp3) is 0.148. The number of para-hydroxylation sites is 1. The summed E-state index contributed by atoms with van der Waals surface area (Å²) in [6.45, 7) is 3.89. The second-order valence-corrected chi connectivity index (χ2v) is 9.08. The zero-order valence-corrected chi connectivity index (χ0v) is 21.2. The first-order valence-corrected chi connectivity index (χ1v) is 11.9. The van der Waals surface area contributed by atoms with Crippen LogP contribution in [0.5, 0.6) is 11.5 Å². The van der Waals surface area contributed by atoms with Gasteiger partial charge in [-0.25, -0.2) is 10.4 Å². The van der Waals surface area contributed by atoms with E-state index in [2.05, 4.69) is 33.1 Å². The van der Waals surface area contributed by atoms with Crippen LogP contribution in [0.2, 0.25) is 0 Å². The third-order valence-electron chi connectivity index (χ3n) is 5.02. The Balaban J connectivity index is 1.67. The third kappa shape index (κ3) is 5.36. The van der Waals surface area contributed by atoms with E-state index in [1.807, 2.05) is 80.6 Å². The van der Waals surface area contributed by atoms with Gasteiger partial charge in [0.1, 0.15) is 0 Å². The Hall–Kier alpha value is -3.46. The summed E-state index contributed by atoms with van der Waals surface area (Å²) < 4.78 is 12.4. The van der Waals surface area contributed by atoms with E-state index in [1.165, 1.54) is 0 Å². The van der Waals surface area contributed by atoms with E-state index in [0.29, 0.717) is 22.6 Å². The number of halogens is 1. The summed E-state index contributed by atoms with van der Waals surface area (Å²) in [5.41, 5.74) is 6.28. The van der Waals surface area contributed by atoms with Gasteiger partial charge >= 0.3 is 0 Å². The van der Waals surface area contributed by atoms with Crippen molar-refractivity contribution in [3.63, 3.8) is 0 Å². The molecule has 3 aromatic carbocycles. The van der Waals surface area contributed by atoms with Crippen LogP contribution >= 0.6 is 22.6 Å². The van der Waals surface area contributed by atoms with E-state index in [-0.39, 0.29) is 12.0 Å². The fourth-order valence-electron chi connectivity index (χ4n) is 3.54. The second-order valence-electron chi connectivity index (χ2n) is 7.83. The van der Waals surface area contributed by atoms with Crippen LogP contribution in [0.25, 0.3) is 22.2 Å². The molecule has 172 valence electrons. The Morgan fingerprint density at radius 3 is 2.53 bits per heavy atom. The fourth-order valence-corrected chi connectivity index (χ4v) is 4.16. The molecule has 34 heavy (non-hydrogen) atoms. The zero-order chi connectivity index (χ0) is 24.1. The van der Waals surface area contributed by atoms with Crippen LogP contribution in [0.4, 0.5) is 0 Å². The molecule has 0 atom stereocenters. The highest BCUT2D eigenvalue weighted by Crippen LogP contribution is 2.33. The lowest BCUT2D eigenvalue weighted by molar-refractivity contribution is 0.0956. The molecule has 0 unspecified atom stereocenters. The van der Waals surface area contributed by atoms with Crippen molar-refractivity contribution >= 4 is 45.6 Å². The molecule has 6 nitrogen and oxygen atoms in total. The van der Waals surface area contributed by atoms with Crippen molar-refractivity contribution in [1.29, 1.82) is 0 Å². The van der Waals surface area contributed by atoms with Crippen LogP contribution in [0.1, 0.15) is 29.8 Å². The number of amides is 1. The van der Waals surface area contributed by atoms with Gasteiger partial charge in [-0.2, -0.15) is 5.10 Å². The number of carbonyl (C=O) groups excluding carboxylic acids is 1. The number of aromatic nitrogens is 1. The molecule has 1 N–H and O–H groups in total. The summed E-state index contributed by atoms with van der Waals surface area (Å²) in [6.07, 6.45) is 1.53. The topological polar surface area (TPSA) is 72.8 Å². The Morgan fingerprint density at radius 2 is 1.79 bits per heavy atom. The molecule has 0 radical (unpaired) electrons. The predicted molar refractivity (Wildman–Crippen MR) is 144 cm³/mol. The first-order chi connectivity index (χ1) is 16.5. The van der Waals surface area contributed by atoms with Crippen LogP contribution in [-0.2, 0) is 0 Å². The van der Waals surface area contributed by atoms with Gasteiger partial charge in [-0.1, -0.05) is 48.5 Å². The van der Waals surface area contributed by atoms with Crippen molar-refractivity contribution < 1.29 is 14.3 Å². The van der Waals surface area contributed by atoms with Gasteiger partial charge in [0, 0.05) is 20.1 Å². The third-order valence-corrected chi connectivity index (χ3v) is 5.64. The Morgan fingerprint density at radius 1 is 1.06 bits per heavy atom. The van der Waals surface area contributed by atoms with E-state index < -0.39 is 0 Å². The van der Waals surface area contributed by atoms with Crippen LogP contribution in [0, 0.1) is 3.57 Å². The number of ether oxygens (including phenoxy) is 2. The molecule has 1 amide bonds. The molecular weight excluding hydrogens is 541 g/mol. The largest absolute Gasteiger partial charge is 0.493 e. The van der Waals surface area contributed by atoms with E-state index in [4.69, 9.17) is 14.5 Å². The number of nitrogens with one attached hydrogen (secondary N) is 1. The van der Waals surface area contributed by atoms with Gasteiger partial charge in [0.2, 0.25) is 0 Å². The van der Waals surface area contributed by atoms with Gasteiger partial charge < -0.3 is 9.47 Å². The van der Waals surface area contributed by atoms with Crippen molar-refractivity contribution in [2.24, 2.45) is 5.10 Å². The van der Waals surface area contributed by atoms with Crippen LogP contribution in [0.15, 0.2) is 77.9 Å². The average molecular weight is 565 g/mol. The molecular formula is C27H24IN3O3. The lowest BCUT2D eigenvalue weighted by atomic mass is 10.0. The zero-order valence-electron chi connectivity index (χ0n) is 19.1. The number of methoxy groups -OCH3 is 1. The molecule has 1 aromatic heterocycles. The van der Waals surface area contributed by atoms with Crippen LogP contribution < -0.4 is 14.9 Å². The van der Waals surface area contributed by atoms with E-state index in [1.54, 1.807) is 19.4 Å². The molecule has 1 heterocycles. The van der Waals surface area contributed by atoms with Gasteiger partial charge in [-0.15, -0.1) is 0 Å². The molecule has 4 rings (SSSR count). The van der Waals surface area contributed by atoms with Crippen molar-refractivity contribution in [2.45, 2.75) is 20.0 Å². The van der Waals surface area contributed by atoms with Crippen molar-refractivity contribution in [1.82, 2.24) is 10.4 Å². The first-order valence-electron chi connectivity index (χ1n) is 10.8. The minimum Gasteiger partial charge on any atom is -0.493 e. The Kier molecular flexibility index (Phi) is 7.42.